The van der Waals surface area contributed by atoms with Gasteiger partial charge in [0.1, 0.15) is 5.75 Å². The van der Waals surface area contributed by atoms with Crippen LogP contribution in [0.15, 0.2) is 24.3 Å². The summed E-state index contributed by atoms with van der Waals surface area (Å²) < 4.78 is 5.37. The Labute approximate surface area is 152 Å². The Balaban J connectivity index is 0.00000288. The lowest BCUT2D eigenvalue weighted by molar-refractivity contribution is -0.131. The Kier molecular flexibility index (Phi) is 9.16. The van der Waals surface area contributed by atoms with Gasteiger partial charge in [-0.15, -0.1) is 12.4 Å². The second kappa shape index (κ2) is 10.6. The van der Waals surface area contributed by atoms with E-state index in [9.17, 15) is 4.79 Å². The number of piperidine rings is 1. The molecule has 1 aromatic rings. The zero-order chi connectivity index (χ0) is 16.7. The van der Waals surface area contributed by atoms with Crippen LogP contribution in [0.25, 0.3) is 0 Å². The number of rotatable bonds is 7. The van der Waals surface area contributed by atoms with Gasteiger partial charge in [-0.25, -0.2) is 0 Å². The Morgan fingerprint density at radius 3 is 2.67 bits per heavy atom. The summed E-state index contributed by atoms with van der Waals surface area (Å²) in [6, 6.07) is 8.02. The lowest BCUT2D eigenvalue weighted by atomic mass is 9.84. The molecule has 5 heteroatoms. The molecular formula is C19H31ClN2O2. The lowest BCUT2D eigenvalue weighted by Crippen LogP contribution is -2.34. The number of para-hydroxylation sites is 1. The Hall–Kier alpha value is -1.26. The number of likely N-dealkylation sites (N-methyl/N-ethyl adjacent to an activating group) is 1. The standard InChI is InChI=1S/C19H30N2O2.ClH/c1-15(16-8-11-20-12-9-16)14-19(22)21(2)13-10-17-6-4-5-7-18(17)23-3;/h4-7,15-16,20H,8-14H2,1-3H3;1H. The van der Waals surface area contributed by atoms with Crippen LogP contribution >= 0.6 is 12.4 Å². The Morgan fingerprint density at radius 1 is 1.33 bits per heavy atom. The first-order chi connectivity index (χ1) is 11.1. The van der Waals surface area contributed by atoms with Crippen molar-refractivity contribution < 1.29 is 9.53 Å². The highest BCUT2D eigenvalue weighted by molar-refractivity contribution is 5.85. The quantitative estimate of drug-likeness (QED) is 0.817. The molecule has 2 rings (SSSR count). The van der Waals surface area contributed by atoms with Crippen LogP contribution in [-0.4, -0.2) is 44.6 Å². The first-order valence-corrected chi connectivity index (χ1v) is 8.68. The SMILES string of the molecule is COc1ccccc1CCN(C)C(=O)CC(C)C1CCNCC1.Cl. The maximum atomic E-state index is 12.5. The molecule has 1 aliphatic rings. The van der Waals surface area contributed by atoms with Gasteiger partial charge < -0.3 is 15.0 Å². The van der Waals surface area contributed by atoms with Crippen molar-refractivity contribution >= 4 is 18.3 Å². The van der Waals surface area contributed by atoms with Crippen LogP contribution in [0.1, 0.15) is 31.7 Å². The Morgan fingerprint density at radius 2 is 2.00 bits per heavy atom. The van der Waals surface area contributed by atoms with Crippen LogP contribution in [0.3, 0.4) is 0 Å². The van der Waals surface area contributed by atoms with E-state index in [0.717, 1.165) is 37.4 Å². The predicted octanol–water partition coefficient (Wildman–Crippen LogP) is 3.14. The molecular weight excluding hydrogens is 324 g/mol. The molecule has 0 spiro atoms. The number of ether oxygens (including phenoxy) is 1. The summed E-state index contributed by atoms with van der Waals surface area (Å²) in [5.74, 6) is 2.31. The maximum Gasteiger partial charge on any atom is 0.222 e. The van der Waals surface area contributed by atoms with E-state index in [2.05, 4.69) is 18.3 Å². The van der Waals surface area contributed by atoms with E-state index in [-0.39, 0.29) is 18.3 Å². The number of amides is 1. The third-order valence-corrected chi connectivity index (χ3v) is 5.02. The smallest absolute Gasteiger partial charge is 0.222 e. The minimum absolute atomic E-state index is 0. The predicted molar refractivity (Wildman–Crippen MR) is 101 cm³/mol. The summed E-state index contributed by atoms with van der Waals surface area (Å²) >= 11 is 0. The molecule has 4 nitrogen and oxygen atoms in total. The molecule has 1 N–H and O–H groups in total. The van der Waals surface area contributed by atoms with Gasteiger partial charge >= 0.3 is 0 Å². The summed E-state index contributed by atoms with van der Waals surface area (Å²) in [4.78, 5) is 14.3. The summed E-state index contributed by atoms with van der Waals surface area (Å²) in [5.41, 5.74) is 1.15. The second-order valence-electron chi connectivity index (χ2n) is 6.65. The monoisotopic (exact) mass is 354 g/mol. The topological polar surface area (TPSA) is 41.6 Å². The average molecular weight is 355 g/mol. The zero-order valence-electron chi connectivity index (χ0n) is 15.1. The number of nitrogens with one attached hydrogen (secondary N) is 1. The number of hydrogen-bond donors (Lipinski definition) is 1. The summed E-state index contributed by atoms with van der Waals surface area (Å²) in [5, 5.41) is 3.39. The second-order valence-corrected chi connectivity index (χ2v) is 6.65. The van der Waals surface area contributed by atoms with Gasteiger partial charge in [-0.05, 0) is 55.8 Å². The summed E-state index contributed by atoms with van der Waals surface area (Å²) in [6.45, 7) is 5.14. The van der Waals surface area contributed by atoms with Crippen molar-refractivity contribution in [3.05, 3.63) is 29.8 Å². The van der Waals surface area contributed by atoms with Crippen molar-refractivity contribution in [2.75, 3.05) is 33.8 Å². The molecule has 1 aromatic carbocycles. The van der Waals surface area contributed by atoms with Gasteiger partial charge in [0, 0.05) is 20.0 Å². The minimum Gasteiger partial charge on any atom is -0.496 e. The van der Waals surface area contributed by atoms with E-state index in [1.54, 1.807) is 7.11 Å². The van der Waals surface area contributed by atoms with E-state index < -0.39 is 0 Å². The first-order valence-electron chi connectivity index (χ1n) is 8.68. The minimum atomic E-state index is 0. The lowest BCUT2D eigenvalue weighted by Gasteiger charge is -2.29. The van der Waals surface area contributed by atoms with Crippen LogP contribution in [0.2, 0.25) is 0 Å². The van der Waals surface area contributed by atoms with E-state index in [0.29, 0.717) is 18.3 Å². The molecule has 1 aliphatic heterocycles. The number of carbonyl (C=O) groups excluding carboxylic acids is 1. The van der Waals surface area contributed by atoms with Gasteiger partial charge in [0.05, 0.1) is 7.11 Å². The molecule has 1 fully saturated rings. The van der Waals surface area contributed by atoms with Crippen LogP contribution in [0.5, 0.6) is 5.75 Å². The number of hydrogen-bond acceptors (Lipinski definition) is 3. The normalized spacial score (nSPS) is 16.1. The molecule has 1 unspecified atom stereocenters. The molecule has 136 valence electrons. The summed E-state index contributed by atoms with van der Waals surface area (Å²) in [7, 11) is 3.60. The molecule has 0 saturated carbocycles. The van der Waals surface area contributed by atoms with E-state index in [1.807, 2.05) is 30.1 Å². The van der Waals surface area contributed by atoms with E-state index >= 15 is 0 Å². The van der Waals surface area contributed by atoms with Crippen molar-refractivity contribution in [2.45, 2.75) is 32.6 Å². The van der Waals surface area contributed by atoms with E-state index in [4.69, 9.17) is 4.74 Å². The first kappa shape index (κ1) is 20.8. The maximum absolute atomic E-state index is 12.5. The molecule has 1 amide bonds. The van der Waals surface area contributed by atoms with Crippen LogP contribution in [0.4, 0.5) is 0 Å². The van der Waals surface area contributed by atoms with Crippen molar-refractivity contribution in [1.29, 1.82) is 0 Å². The molecule has 24 heavy (non-hydrogen) atoms. The van der Waals surface area contributed by atoms with Crippen molar-refractivity contribution in [3.8, 4) is 5.75 Å². The Bertz CT molecular complexity index is 504. The fraction of sp³-hybridized carbons (Fsp3) is 0.632. The summed E-state index contributed by atoms with van der Waals surface area (Å²) in [6.07, 6.45) is 3.87. The van der Waals surface area contributed by atoms with Gasteiger partial charge in [0.2, 0.25) is 5.91 Å². The number of benzene rings is 1. The van der Waals surface area contributed by atoms with Gasteiger partial charge in [-0.2, -0.15) is 0 Å². The molecule has 1 heterocycles. The highest BCUT2D eigenvalue weighted by Gasteiger charge is 2.23. The van der Waals surface area contributed by atoms with E-state index in [1.165, 1.54) is 12.8 Å². The highest BCUT2D eigenvalue weighted by Crippen LogP contribution is 2.25. The van der Waals surface area contributed by atoms with Crippen LogP contribution < -0.4 is 10.1 Å². The van der Waals surface area contributed by atoms with Crippen molar-refractivity contribution in [1.82, 2.24) is 10.2 Å². The number of nitrogens with zero attached hydrogens (tertiary/aromatic N) is 1. The van der Waals surface area contributed by atoms with Gasteiger partial charge in [0.15, 0.2) is 0 Å². The number of carbonyl (C=O) groups is 1. The third kappa shape index (κ3) is 5.99. The van der Waals surface area contributed by atoms with Crippen LogP contribution in [0, 0.1) is 11.8 Å². The molecule has 0 aromatic heterocycles. The van der Waals surface area contributed by atoms with Crippen LogP contribution in [-0.2, 0) is 11.2 Å². The zero-order valence-corrected chi connectivity index (χ0v) is 15.9. The van der Waals surface area contributed by atoms with Crippen molar-refractivity contribution in [2.24, 2.45) is 11.8 Å². The van der Waals surface area contributed by atoms with Crippen molar-refractivity contribution in [3.63, 3.8) is 0 Å². The average Bonchev–Trinajstić information content (AvgIpc) is 2.60. The fourth-order valence-electron chi connectivity index (χ4n) is 3.33. The largest absolute Gasteiger partial charge is 0.496 e. The molecule has 0 aliphatic carbocycles. The highest BCUT2D eigenvalue weighted by atomic mass is 35.5. The molecule has 0 bridgehead atoms. The molecule has 1 saturated heterocycles. The van der Waals surface area contributed by atoms with Gasteiger partial charge in [0.25, 0.3) is 0 Å². The number of methoxy groups -OCH3 is 1. The van der Waals surface area contributed by atoms with Gasteiger partial charge in [-0.3, -0.25) is 4.79 Å². The molecule has 0 radical (unpaired) electrons. The number of halogens is 1. The molecule has 1 atom stereocenters. The fourth-order valence-corrected chi connectivity index (χ4v) is 3.33. The third-order valence-electron chi connectivity index (χ3n) is 5.02. The van der Waals surface area contributed by atoms with Gasteiger partial charge in [-0.1, -0.05) is 25.1 Å².